The summed E-state index contributed by atoms with van der Waals surface area (Å²) in [5.41, 5.74) is -1.80. The van der Waals surface area contributed by atoms with Crippen molar-refractivity contribution in [1.82, 2.24) is 9.97 Å². The van der Waals surface area contributed by atoms with Gasteiger partial charge in [0.05, 0.1) is 14.2 Å². The molecule has 11 heteroatoms. The van der Waals surface area contributed by atoms with Crippen LogP contribution >= 0.6 is 0 Å². The first-order valence-corrected chi connectivity index (χ1v) is 4.77. The van der Waals surface area contributed by atoms with Crippen molar-refractivity contribution in [2.75, 3.05) is 14.2 Å². The summed E-state index contributed by atoms with van der Waals surface area (Å²) >= 11 is 0. The molecule has 0 aliphatic carbocycles. The molecule has 0 fully saturated rings. The first kappa shape index (κ1) is 16.2. The van der Waals surface area contributed by atoms with E-state index in [1.807, 2.05) is 0 Å². The largest absolute Gasteiger partial charge is 0.480 e. The molecule has 0 aromatic carbocycles. The van der Waals surface area contributed by atoms with E-state index in [9.17, 15) is 30.7 Å². The average molecular weight is 308 g/mol. The van der Waals surface area contributed by atoms with Gasteiger partial charge >= 0.3 is 24.0 Å². The molecule has 1 heterocycles. The number of halogens is 7. The Hall–Kier alpha value is -1.81. The third kappa shape index (κ3) is 2.43. The maximum Gasteiger partial charge on any atom is 0.460 e. The zero-order valence-corrected chi connectivity index (χ0v) is 9.93. The maximum atomic E-state index is 13.4. The molecule has 0 saturated carbocycles. The van der Waals surface area contributed by atoms with Gasteiger partial charge in [-0.3, -0.25) is 0 Å². The van der Waals surface area contributed by atoms with Crippen LogP contribution in [0.5, 0.6) is 11.9 Å². The van der Waals surface area contributed by atoms with Gasteiger partial charge in [-0.2, -0.15) is 35.7 Å². The van der Waals surface area contributed by atoms with Crippen molar-refractivity contribution < 1.29 is 40.2 Å². The summed E-state index contributed by atoms with van der Waals surface area (Å²) in [7, 11) is 1.81. The molecule has 4 nitrogen and oxygen atoms in total. The van der Waals surface area contributed by atoms with Crippen molar-refractivity contribution >= 4 is 0 Å². The molecular formula is C9H7F7N2O2. The molecule has 0 aliphatic heterocycles. The van der Waals surface area contributed by atoms with Crippen molar-refractivity contribution in [3.63, 3.8) is 0 Å². The molecular weight excluding hydrogens is 301 g/mol. The molecule has 0 bridgehead atoms. The van der Waals surface area contributed by atoms with E-state index >= 15 is 0 Å². The van der Waals surface area contributed by atoms with Crippen LogP contribution in [0.1, 0.15) is 5.56 Å². The maximum absolute atomic E-state index is 13.4. The van der Waals surface area contributed by atoms with Gasteiger partial charge in [-0.15, -0.1) is 0 Å². The summed E-state index contributed by atoms with van der Waals surface area (Å²) in [6, 6.07) is -0.531. The van der Waals surface area contributed by atoms with Gasteiger partial charge in [0.2, 0.25) is 5.88 Å². The Bertz CT molecular complexity index is 490. The van der Waals surface area contributed by atoms with Crippen LogP contribution in [0, 0.1) is 0 Å². The SMILES string of the molecule is COc1ncc(C(F)(F)C(F)(F)C(F)(F)F)c(OC)n1. The zero-order valence-electron chi connectivity index (χ0n) is 9.93. The molecule has 0 aliphatic rings. The van der Waals surface area contributed by atoms with Crippen molar-refractivity contribution in [2.45, 2.75) is 18.0 Å². The number of alkyl halides is 7. The highest BCUT2D eigenvalue weighted by atomic mass is 19.4. The number of hydrogen-bond donors (Lipinski definition) is 0. The van der Waals surface area contributed by atoms with Gasteiger partial charge in [0.1, 0.15) is 5.56 Å². The smallest absolute Gasteiger partial charge is 0.460 e. The van der Waals surface area contributed by atoms with Gasteiger partial charge in [-0.25, -0.2) is 4.98 Å². The molecule has 1 rings (SSSR count). The highest BCUT2D eigenvalue weighted by Gasteiger charge is 2.74. The van der Waals surface area contributed by atoms with E-state index in [1.54, 1.807) is 0 Å². The average Bonchev–Trinajstić information content (AvgIpc) is 2.36. The quantitative estimate of drug-likeness (QED) is 0.802. The van der Waals surface area contributed by atoms with Crippen molar-refractivity contribution in [3.8, 4) is 11.9 Å². The lowest BCUT2D eigenvalue weighted by atomic mass is 10.0. The Morgan fingerprint density at radius 2 is 1.50 bits per heavy atom. The minimum absolute atomic E-state index is 0.0876. The third-order valence-corrected chi connectivity index (χ3v) is 2.20. The van der Waals surface area contributed by atoms with Gasteiger partial charge in [0.15, 0.2) is 0 Å². The van der Waals surface area contributed by atoms with Gasteiger partial charge in [0, 0.05) is 6.20 Å². The Labute approximate surface area is 107 Å². The topological polar surface area (TPSA) is 44.2 Å². The van der Waals surface area contributed by atoms with E-state index in [0.717, 1.165) is 14.2 Å². The molecule has 0 spiro atoms. The molecule has 0 unspecified atom stereocenters. The summed E-state index contributed by atoms with van der Waals surface area (Å²) < 4.78 is 97.5. The predicted molar refractivity (Wildman–Crippen MR) is 50.0 cm³/mol. The Balaban J connectivity index is 3.42. The van der Waals surface area contributed by atoms with Crippen LogP contribution in [0.2, 0.25) is 0 Å². The van der Waals surface area contributed by atoms with Crippen LogP contribution in [0.3, 0.4) is 0 Å². The van der Waals surface area contributed by atoms with E-state index in [-0.39, 0.29) is 6.20 Å². The minimum Gasteiger partial charge on any atom is -0.480 e. The summed E-state index contributed by atoms with van der Waals surface area (Å²) in [6.45, 7) is 0. The summed E-state index contributed by atoms with van der Waals surface area (Å²) in [6.07, 6.45) is -6.37. The van der Waals surface area contributed by atoms with Crippen LogP contribution in [-0.2, 0) is 5.92 Å². The van der Waals surface area contributed by atoms with Gasteiger partial charge in [-0.1, -0.05) is 0 Å². The van der Waals surface area contributed by atoms with Crippen LogP contribution in [-0.4, -0.2) is 36.3 Å². The summed E-state index contributed by atoms with van der Waals surface area (Å²) in [5.74, 6) is -13.1. The molecule has 0 radical (unpaired) electrons. The summed E-state index contributed by atoms with van der Waals surface area (Å²) in [4.78, 5) is 6.21. The number of methoxy groups -OCH3 is 2. The van der Waals surface area contributed by atoms with E-state index in [1.165, 1.54) is 0 Å². The summed E-state index contributed by atoms with van der Waals surface area (Å²) in [5, 5.41) is 0. The van der Waals surface area contributed by atoms with E-state index in [2.05, 4.69) is 19.4 Å². The number of rotatable bonds is 4. The standard InChI is InChI=1S/C9H7F7N2O2/c1-19-5-4(3-17-6(18-5)20-2)7(10,11)8(12,13)9(14,15)16/h3H,1-2H3. The van der Waals surface area contributed by atoms with Crippen molar-refractivity contribution in [1.29, 1.82) is 0 Å². The number of ether oxygens (including phenoxy) is 2. The van der Waals surface area contributed by atoms with Crippen LogP contribution in [0.15, 0.2) is 6.20 Å². The Morgan fingerprint density at radius 3 is 1.90 bits per heavy atom. The van der Waals surface area contributed by atoms with E-state index in [4.69, 9.17) is 0 Å². The highest BCUT2D eigenvalue weighted by Crippen LogP contribution is 2.53. The Morgan fingerprint density at radius 1 is 0.950 bits per heavy atom. The lowest BCUT2D eigenvalue weighted by molar-refractivity contribution is -0.359. The molecule has 20 heavy (non-hydrogen) atoms. The number of aromatic nitrogens is 2. The second-order valence-corrected chi connectivity index (χ2v) is 3.43. The normalized spacial score (nSPS) is 13.2. The molecule has 1 aromatic rings. The number of nitrogens with zero attached hydrogens (tertiary/aromatic N) is 2. The minimum atomic E-state index is -6.46. The molecule has 114 valence electrons. The fraction of sp³-hybridized carbons (Fsp3) is 0.556. The first-order chi connectivity index (χ1) is 8.99. The van der Waals surface area contributed by atoms with Gasteiger partial charge in [-0.05, 0) is 0 Å². The second-order valence-electron chi connectivity index (χ2n) is 3.43. The lowest BCUT2D eigenvalue weighted by Crippen LogP contribution is -2.50. The van der Waals surface area contributed by atoms with Crippen molar-refractivity contribution in [3.05, 3.63) is 11.8 Å². The van der Waals surface area contributed by atoms with Crippen LogP contribution < -0.4 is 9.47 Å². The molecule has 0 saturated heterocycles. The predicted octanol–water partition coefficient (Wildman–Crippen LogP) is 2.78. The molecule has 0 amide bonds. The monoisotopic (exact) mass is 308 g/mol. The molecule has 0 N–H and O–H groups in total. The highest BCUT2D eigenvalue weighted by molar-refractivity contribution is 5.32. The van der Waals surface area contributed by atoms with E-state index < -0.39 is 35.5 Å². The lowest BCUT2D eigenvalue weighted by Gasteiger charge is -2.28. The fourth-order valence-corrected chi connectivity index (χ4v) is 1.17. The molecule has 1 aromatic heterocycles. The molecule has 0 atom stereocenters. The van der Waals surface area contributed by atoms with Gasteiger partial charge < -0.3 is 9.47 Å². The second kappa shape index (κ2) is 4.94. The zero-order chi connectivity index (χ0) is 15.8. The van der Waals surface area contributed by atoms with Gasteiger partial charge in [0.25, 0.3) is 0 Å². The fourth-order valence-electron chi connectivity index (χ4n) is 1.17. The third-order valence-electron chi connectivity index (χ3n) is 2.20. The van der Waals surface area contributed by atoms with E-state index in [0.29, 0.717) is 0 Å². The Kier molecular flexibility index (Phi) is 4.02. The number of hydrogen-bond acceptors (Lipinski definition) is 4. The van der Waals surface area contributed by atoms with Crippen LogP contribution in [0.25, 0.3) is 0 Å². The van der Waals surface area contributed by atoms with Crippen molar-refractivity contribution in [2.24, 2.45) is 0 Å². The van der Waals surface area contributed by atoms with Crippen LogP contribution in [0.4, 0.5) is 30.7 Å². The first-order valence-electron chi connectivity index (χ1n) is 4.77.